The van der Waals surface area contributed by atoms with E-state index in [2.05, 4.69) is 10.2 Å². The molecule has 22 heavy (non-hydrogen) atoms. The number of hydrogen-bond acceptors (Lipinski definition) is 3. The van der Waals surface area contributed by atoms with E-state index in [1.807, 2.05) is 27.7 Å². The summed E-state index contributed by atoms with van der Waals surface area (Å²) >= 11 is 0. The Morgan fingerprint density at radius 2 is 1.18 bits per heavy atom. The van der Waals surface area contributed by atoms with Crippen molar-refractivity contribution < 1.29 is 24.1 Å². The fourth-order valence-corrected chi connectivity index (χ4v) is 11.8. The monoisotopic (exact) mass is 340 g/mol. The van der Waals surface area contributed by atoms with E-state index in [0.717, 1.165) is 0 Å². The maximum atomic E-state index is 11.6. The van der Waals surface area contributed by atoms with E-state index in [0.29, 0.717) is 48.7 Å². The minimum atomic E-state index is -3.81. The molecule has 0 saturated carbocycles. The third kappa shape index (κ3) is 4.19. The molecule has 0 radical (unpaired) electrons. The smallest absolute Gasteiger partial charge is 0.429 e. The molecule has 0 atom stereocenters. The summed E-state index contributed by atoms with van der Waals surface area (Å²) in [6.07, 6.45) is 0.382. The molecule has 0 unspecified atom stereocenters. The van der Waals surface area contributed by atoms with Crippen molar-refractivity contribution in [3.05, 3.63) is 0 Å². The SMILES string of the molecule is CCCS(CCC)(CCC)(CCC)(NC(=O)O)ONC(=O)O. The Morgan fingerprint density at radius 1 is 0.818 bits per heavy atom. The lowest BCUT2D eigenvalue weighted by atomic mass is 10.5. The van der Waals surface area contributed by atoms with Crippen LogP contribution in [0.4, 0.5) is 9.59 Å². The van der Waals surface area contributed by atoms with Crippen LogP contribution in [-0.4, -0.2) is 45.4 Å². The van der Waals surface area contributed by atoms with Crippen molar-refractivity contribution in [2.75, 3.05) is 23.0 Å². The number of amides is 2. The zero-order valence-corrected chi connectivity index (χ0v) is 15.0. The molecule has 7 nitrogen and oxygen atoms in total. The molecule has 4 N–H and O–H groups in total. The molecular formula is C14H32N2O5S. The molecular weight excluding hydrogens is 308 g/mol. The van der Waals surface area contributed by atoms with Gasteiger partial charge in [0.1, 0.15) is 0 Å². The van der Waals surface area contributed by atoms with Crippen LogP contribution in [0.5, 0.6) is 0 Å². The maximum absolute atomic E-state index is 11.6. The van der Waals surface area contributed by atoms with Gasteiger partial charge in [0.05, 0.1) is 0 Å². The van der Waals surface area contributed by atoms with E-state index in [1.165, 1.54) is 0 Å². The second kappa shape index (κ2) is 7.41. The number of nitrogens with one attached hydrogen (secondary N) is 2. The first kappa shape index (κ1) is 20.9. The van der Waals surface area contributed by atoms with Crippen molar-refractivity contribution in [3.63, 3.8) is 0 Å². The van der Waals surface area contributed by atoms with Crippen LogP contribution in [0.2, 0.25) is 0 Å². The molecule has 8 heteroatoms. The Hall–Kier alpha value is -1.15. The lowest BCUT2D eigenvalue weighted by molar-refractivity contribution is 0.136. The van der Waals surface area contributed by atoms with Crippen LogP contribution in [-0.2, 0) is 4.28 Å². The summed E-state index contributed by atoms with van der Waals surface area (Å²) in [5.74, 6) is 2.06. The molecule has 0 aromatic rings. The molecule has 0 aliphatic carbocycles. The van der Waals surface area contributed by atoms with Gasteiger partial charge in [-0.1, -0.05) is 27.7 Å². The second-order valence-electron chi connectivity index (χ2n) is 6.07. The summed E-state index contributed by atoms with van der Waals surface area (Å²) in [5.41, 5.74) is 2.06. The average Bonchev–Trinajstić information content (AvgIpc) is 2.37. The maximum Gasteiger partial charge on any atom is 0.429 e. The van der Waals surface area contributed by atoms with Crippen LogP contribution in [0.25, 0.3) is 0 Å². The second-order valence-corrected chi connectivity index (χ2v) is 12.8. The van der Waals surface area contributed by atoms with Gasteiger partial charge in [0.25, 0.3) is 0 Å². The molecule has 0 aromatic carbocycles. The van der Waals surface area contributed by atoms with E-state index in [-0.39, 0.29) is 0 Å². The Kier molecular flexibility index (Phi) is 7.02. The van der Waals surface area contributed by atoms with Crippen LogP contribution < -0.4 is 10.2 Å². The Morgan fingerprint density at radius 3 is 1.41 bits per heavy atom. The highest BCUT2D eigenvalue weighted by Crippen LogP contribution is 2.87. The zero-order chi connectivity index (χ0) is 17.3. The van der Waals surface area contributed by atoms with Crippen molar-refractivity contribution >= 4 is 20.9 Å². The summed E-state index contributed by atoms with van der Waals surface area (Å²) < 4.78 is 8.68. The summed E-state index contributed by atoms with van der Waals surface area (Å²) in [6.45, 7) is 7.87. The molecule has 134 valence electrons. The third-order valence-corrected chi connectivity index (χ3v) is 12.2. The van der Waals surface area contributed by atoms with Gasteiger partial charge in [-0.2, -0.15) is 5.48 Å². The molecule has 2 amide bonds. The van der Waals surface area contributed by atoms with Gasteiger partial charge in [-0.3, -0.25) is 4.72 Å². The molecule has 0 fully saturated rings. The summed E-state index contributed by atoms with van der Waals surface area (Å²) in [4.78, 5) is 22.7. The fraction of sp³-hybridized carbons (Fsp3) is 0.857. The van der Waals surface area contributed by atoms with Crippen LogP contribution in [0.3, 0.4) is 0 Å². The van der Waals surface area contributed by atoms with Crippen molar-refractivity contribution in [2.45, 2.75) is 53.4 Å². The number of carbonyl (C=O) groups is 2. The first-order chi connectivity index (χ1) is 10.2. The third-order valence-electron chi connectivity index (χ3n) is 4.11. The Labute approximate surface area is 132 Å². The van der Waals surface area contributed by atoms with E-state index < -0.39 is 20.9 Å². The lowest BCUT2D eigenvalue weighted by Crippen LogP contribution is -2.63. The number of hydrogen-bond donors (Lipinski definition) is 4. The van der Waals surface area contributed by atoms with Crippen molar-refractivity contribution in [1.29, 1.82) is 0 Å². The van der Waals surface area contributed by atoms with Crippen molar-refractivity contribution in [2.24, 2.45) is 0 Å². The Balaban J connectivity index is 6.36. The first-order valence-electron chi connectivity index (χ1n) is 7.91. The van der Waals surface area contributed by atoms with Gasteiger partial charge in [0.2, 0.25) is 0 Å². The van der Waals surface area contributed by atoms with Gasteiger partial charge in [-0.15, -0.1) is 8.76 Å². The highest BCUT2D eigenvalue weighted by Gasteiger charge is 2.60. The average molecular weight is 340 g/mol. The molecule has 0 saturated heterocycles. The van der Waals surface area contributed by atoms with Gasteiger partial charge >= 0.3 is 12.2 Å². The van der Waals surface area contributed by atoms with Crippen molar-refractivity contribution in [3.8, 4) is 0 Å². The Bertz CT molecular complexity index is 375. The highest BCUT2D eigenvalue weighted by molar-refractivity contribution is 8.60. The molecule has 0 rings (SSSR count). The standard InChI is InChI=1S/C14H32N2O5S/c1-5-9-22(10-6-2,11-7-3,12-8-4,16-14(19)20)21-15-13(17)18/h15-16H,5-12H2,1-4H3,(H,17,18)(H,19,20). The molecule has 0 aliphatic heterocycles. The minimum Gasteiger partial charge on any atom is -0.464 e. The van der Waals surface area contributed by atoms with Gasteiger partial charge < -0.3 is 10.2 Å². The minimum absolute atomic E-state index is 0.516. The lowest BCUT2D eigenvalue weighted by Gasteiger charge is -2.77. The molecule has 0 bridgehead atoms. The number of hydroxylamine groups is 1. The quantitative estimate of drug-likeness (QED) is 0.428. The van der Waals surface area contributed by atoms with Crippen LogP contribution >= 0.6 is 8.76 Å². The van der Waals surface area contributed by atoms with Gasteiger partial charge in [0.15, 0.2) is 0 Å². The summed E-state index contributed by atoms with van der Waals surface area (Å²) in [6, 6.07) is 0. The van der Waals surface area contributed by atoms with E-state index in [4.69, 9.17) is 9.39 Å². The topological polar surface area (TPSA) is 108 Å². The van der Waals surface area contributed by atoms with E-state index in [9.17, 15) is 14.7 Å². The number of rotatable bonds is 11. The predicted octanol–water partition coefficient (Wildman–Crippen LogP) is 3.80. The largest absolute Gasteiger partial charge is 0.464 e. The summed E-state index contributed by atoms with van der Waals surface area (Å²) in [5, 5.41) is 18.5. The summed E-state index contributed by atoms with van der Waals surface area (Å²) in [7, 11) is -3.81. The molecule has 0 spiro atoms. The predicted molar refractivity (Wildman–Crippen MR) is 91.6 cm³/mol. The first-order valence-corrected chi connectivity index (χ1v) is 11.0. The highest BCUT2D eigenvalue weighted by atomic mass is 32.4. The molecule has 0 heterocycles. The van der Waals surface area contributed by atoms with Gasteiger partial charge in [0, 0.05) is 23.0 Å². The number of carboxylic acid groups (broad SMARTS) is 2. The van der Waals surface area contributed by atoms with Crippen LogP contribution in [0.15, 0.2) is 0 Å². The van der Waals surface area contributed by atoms with Gasteiger partial charge in [-0.05, 0) is 25.7 Å². The van der Waals surface area contributed by atoms with Crippen LogP contribution in [0.1, 0.15) is 53.4 Å². The van der Waals surface area contributed by atoms with E-state index >= 15 is 0 Å². The molecule has 0 aromatic heterocycles. The zero-order valence-electron chi connectivity index (χ0n) is 14.2. The van der Waals surface area contributed by atoms with Gasteiger partial charge in [-0.25, -0.2) is 13.9 Å². The fourth-order valence-electron chi connectivity index (χ4n) is 3.93. The van der Waals surface area contributed by atoms with Crippen molar-refractivity contribution in [1.82, 2.24) is 10.2 Å². The van der Waals surface area contributed by atoms with Crippen LogP contribution in [0, 0.1) is 0 Å². The van der Waals surface area contributed by atoms with E-state index in [1.54, 1.807) is 0 Å². The normalized spacial score (nSPS) is 14.7. The molecule has 0 aliphatic rings.